The molecule has 0 fully saturated rings. The van der Waals surface area contributed by atoms with Crippen LogP contribution >= 0.6 is 0 Å². The van der Waals surface area contributed by atoms with Gasteiger partial charge in [0, 0.05) is 11.6 Å². The lowest BCUT2D eigenvalue weighted by Crippen LogP contribution is -2.12. The van der Waals surface area contributed by atoms with Crippen LogP contribution in [0, 0.1) is 0 Å². The molecule has 1 aromatic rings. The molecule has 2 rings (SSSR count). The van der Waals surface area contributed by atoms with Gasteiger partial charge < -0.3 is 14.1 Å². The van der Waals surface area contributed by atoms with Crippen molar-refractivity contribution in [3.8, 4) is 11.5 Å². The summed E-state index contributed by atoms with van der Waals surface area (Å²) in [5, 5.41) is 0. The van der Waals surface area contributed by atoms with Crippen molar-refractivity contribution < 1.29 is 14.1 Å². The van der Waals surface area contributed by atoms with E-state index in [1.165, 1.54) is 0 Å². The fraction of sp³-hybridized carbons (Fsp3) is 0.333. The Hall–Kier alpha value is -1.16. The van der Waals surface area contributed by atoms with E-state index in [1.807, 2.05) is 12.1 Å². The van der Waals surface area contributed by atoms with Gasteiger partial charge >= 0.3 is 7.48 Å². The molecule has 0 atom stereocenters. The fourth-order valence-electron chi connectivity index (χ4n) is 1.53. The second-order valence-corrected chi connectivity index (χ2v) is 2.96. The molecule has 0 radical (unpaired) electrons. The normalized spacial score (nSPS) is 13.4. The molecule has 3 nitrogen and oxygen atoms in total. The topological polar surface area (TPSA) is 27.7 Å². The van der Waals surface area contributed by atoms with Crippen molar-refractivity contribution in [1.82, 2.24) is 0 Å². The SMILES string of the molecule is COc1cc2c(c(OC)c1)COB2. The first kappa shape index (κ1) is 8.44. The van der Waals surface area contributed by atoms with Crippen molar-refractivity contribution in [3.05, 3.63) is 17.7 Å². The molecule has 0 N–H and O–H groups in total. The van der Waals surface area contributed by atoms with Crippen LogP contribution in [-0.4, -0.2) is 21.7 Å². The van der Waals surface area contributed by atoms with E-state index in [-0.39, 0.29) is 0 Å². The van der Waals surface area contributed by atoms with E-state index >= 15 is 0 Å². The van der Waals surface area contributed by atoms with Gasteiger partial charge in [0.05, 0.1) is 20.8 Å². The third kappa shape index (κ3) is 1.37. The minimum Gasteiger partial charge on any atom is -0.497 e. The highest BCUT2D eigenvalue weighted by atomic mass is 16.5. The molecule has 68 valence electrons. The second-order valence-electron chi connectivity index (χ2n) is 2.96. The van der Waals surface area contributed by atoms with Crippen LogP contribution in [-0.2, 0) is 11.3 Å². The smallest absolute Gasteiger partial charge is 0.309 e. The minimum atomic E-state index is 0.641. The van der Waals surface area contributed by atoms with Crippen molar-refractivity contribution in [2.75, 3.05) is 14.2 Å². The molecule has 0 aliphatic carbocycles. The molecule has 0 aromatic heterocycles. The highest BCUT2D eigenvalue weighted by molar-refractivity contribution is 6.49. The molecular formula is C9H11BO3. The third-order valence-corrected chi connectivity index (χ3v) is 2.23. The summed E-state index contributed by atoms with van der Waals surface area (Å²) in [4.78, 5) is 0. The zero-order chi connectivity index (χ0) is 9.26. The Kier molecular flexibility index (Phi) is 2.14. The van der Waals surface area contributed by atoms with E-state index in [4.69, 9.17) is 14.1 Å². The zero-order valence-electron chi connectivity index (χ0n) is 7.79. The van der Waals surface area contributed by atoms with Gasteiger partial charge in [-0.2, -0.15) is 0 Å². The van der Waals surface area contributed by atoms with Gasteiger partial charge in [-0.3, -0.25) is 0 Å². The van der Waals surface area contributed by atoms with Crippen LogP contribution in [0.25, 0.3) is 0 Å². The number of ether oxygens (including phenoxy) is 2. The number of methoxy groups -OCH3 is 2. The lowest BCUT2D eigenvalue weighted by Gasteiger charge is -2.08. The summed E-state index contributed by atoms with van der Waals surface area (Å²) in [6.07, 6.45) is 0. The number of fused-ring (bicyclic) bond motifs is 1. The van der Waals surface area contributed by atoms with Crippen LogP contribution in [0.2, 0.25) is 0 Å². The van der Waals surface area contributed by atoms with Crippen LogP contribution in [0.5, 0.6) is 11.5 Å². The van der Waals surface area contributed by atoms with E-state index in [2.05, 4.69) is 0 Å². The summed E-state index contributed by atoms with van der Waals surface area (Å²) >= 11 is 0. The van der Waals surface area contributed by atoms with Crippen molar-refractivity contribution in [2.24, 2.45) is 0 Å². The standard InChI is InChI=1S/C9H11BO3/c1-11-6-3-8-7(5-13-10-8)9(4-6)12-2/h3-4,10H,5H2,1-2H3. The predicted molar refractivity (Wildman–Crippen MR) is 51.1 cm³/mol. The Balaban J connectivity index is 2.49. The van der Waals surface area contributed by atoms with E-state index in [0.29, 0.717) is 14.1 Å². The quantitative estimate of drug-likeness (QED) is 0.606. The molecule has 4 heteroatoms. The number of rotatable bonds is 2. The average molecular weight is 178 g/mol. The molecular weight excluding hydrogens is 167 g/mol. The van der Waals surface area contributed by atoms with E-state index in [9.17, 15) is 0 Å². The molecule has 1 aromatic carbocycles. The number of hydrogen-bond donors (Lipinski definition) is 0. The Morgan fingerprint density at radius 2 is 2.15 bits per heavy atom. The zero-order valence-corrected chi connectivity index (χ0v) is 7.79. The van der Waals surface area contributed by atoms with E-state index in [0.717, 1.165) is 22.5 Å². The van der Waals surface area contributed by atoms with Gasteiger partial charge in [-0.15, -0.1) is 0 Å². The molecule has 0 saturated carbocycles. The Morgan fingerprint density at radius 1 is 1.31 bits per heavy atom. The summed E-state index contributed by atoms with van der Waals surface area (Å²) in [5.74, 6) is 1.67. The molecule has 1 heterocycles. The average Bonchev–Trinajstić information content (AvgIpc) is 2.63. The van der Waals surface area contributed by atoms with Crippen molar-refractivity contribution in [1.29, 1.82) is 0 Å². The Labute approximate surface area is 77.9 Å². The summed E-state index contributed by atoms with van der Waals surface area (Å²) in [6, 6.07) is 3.87. The first-order chi connectivity index (χ1) is 6.35. The van der Waals surface area contributed by atoms with Gasteiger partial charge in [0.25, 0.3) is 0 Å². The highest BCUT2D eigenvalue weighted by Gasteiger charge is 2.18. The monoisotopic (exact) mass is 178 g/mol. The number of benzene rings is 1. The molecule has 0 amide bonds. The maximum Gasteiger partial charge on any atom is 0.309 e. The van der Waals surface area contributed by atoms with Gasteiger partial charge in [0.15, 0.2) is 0 Å². The summed E-state index contributed by atoms with van der Waals surface area (Å²) in [7, 11) is 3.97. The molecule has 13 heavy (non-hydrogen) atoms. The van der Waals surface area contributed by atoms with E-state index < -0.39 is 0 Å². The van der Waals surface area contributed by atoms with Gasteiger partial charge in [-0.05, 0) is 11.5 Å². The molecule has 0 saturated heterocycles. The minimum absolute atomic E-state index is 0.641. The van der Waals surface area contributed by atoms with Gasteiger partial charge in [-0.25, -0.2) is 0 Å². The largest absolute Gasteiger partial charge is 0.497 e. The summed E-state index contributed by atoms with van der Waals surface area (Å²) < 4.78 is 15.7. The Morgan fingerprint density at radius 3 is 2.85 bits per heavy atom. The summed E-state index contributed by atoms with van der Waals surface area (Å²) in [6.45, 7) is 0.641. The number of hydrogen-bond acceptors (Lipinski definition) is 3. The lowest BCUT2D eigenvalue weighted by molar-refractivity contribution is 0.331. The van der Waals surface area contributed by atoms with Gasteiger partial charge in [-0.1, -0.05) is 0 Å². The van der Waals surface area contributed by atoms with Crippen LogP contribution in [0.1, 0.15) is 5.56 Å². The van der Waals surface area contributed by atoms with Crippen LogP contribution in [0.15, 0.2) is 12.1 Å². The highest BCUT2D eigenvalue weighted by Crippen LogP contribution is 2.25. The first-order valence-electron chi connectivity index (χ1n) is 4.16. The second kappa shape index (κ2) is 3.30. The third-order valence-electron chi connectivity index (χ3n) is 2.23. The Bertz CT molecular complexity index is 325. The molecule has 1 aliphatic heterocycles. The predicted octanol–water partition coefficient (Wildman–Crippen LogP) is 0.211. The van der Waals surface area contributed by atoms with Crippen LogP contribution in [0.4, 0.5) is 0 Å². The van der Waals surface area contributed by atoms with Gasteiger partial charge in [0.2, 0.25) is 0 Å². The summed E-state index contributed by atoms with van der Waals surface area (Å²) in [5.41, 5.74) is 2.31. The lowest BCUT2D eigenvalue weighted by atomic mass is 9.87. The maximum absolute atomic E-state index is 5.32. The van der Waals surface area contributed by atoms with Crippen LogP contribution < -0.4 is 14.9 Å². The van der Waals surface area contributed by atoms with Crippen molar-refractivity contribution in [3.63, 3.8) is 0 Å². The molecule has 0 spiro atoms. The van der Waals surface area contributed by atoms with Crippen molar-refractivity contribution in [2.45, 2.75) is 6.61 Å². The van der Waals surface area contributed by atoms with E-state index in [1.54, 1.807) is 14.2 Å². The van der Waals surface area contributed by atoms with Crippen molar-refractivity contribution >= 4 is 12.9 Å². The molecule has 0 unspecified atom stereocenters. The van der Waals surface area contributed by atoms with Gasteiger partial charge in [0.1, 0.15) is 11.5 Å². The molecule has 1 aliphatic rings. The first-order valence-corrected chi connectivity index (χ1v) is 4.16. The maximum atomic E-state index is 5.32. The molecule has 0 bridgehead atoms. The van der Waals surface area contributed by atoms with Crippen LogP contribution in [0.3, 0.4) is 0 Å². The fourth-order valence-corrected chi connectivity index (χ4v) is 1.53.